The topological polar surface area (TPSA) is 71.5 Å². The third kappa shape index (κ3) is 3.36. The molecular formula is C14H17N3O3S. The molecule has 0 aromatic carbocycles. The van der Waals surface area contributed by atoms with Gasteiger partial charge in [0.15, 0.2) is 0 Å². The van der Waals surface area contributed by atoms with Gasteiger partial charge in [-0.2, -0.15) is 0 Å². The molecule has 7 heteroatoms. The van der Waals surface area contributed by atoms with Crippen LogP contribution in [0.1, 0.15) is 12.8 Å². The van der Waals surface area contributed by atoms with Gasteiger partial charge >= 0.3 is 0 Å². The number of fused-ring (bicyclic) bond motifs is 1. The molecule has 2 aliphatic rings. The van der Waals surface area contributed by atoms with E-state index in [2.05, 4.69) is 10.3 Å². The number of pyridine rings is 1. The number of hydrogen-bond acceptors (Lipinski definition) is 5. The van der Waals surface area contributed by atoms with E-state index < -0.39 is 0 Å². The summed E-state index contributed by atoms with van der Waals surface area (Å²) in [6.07, 6.45) is 3.82. The van der Waals surface area contributed by atoms with Gasteiger partial charge in [-0.15, -0.1) is 0 Å². The van der Waals surface area contributed by atoms with E-state index in [1.54, 1.807) is 12.3 Å². The Hall–Kier alpha value is -1.60. The summed E-state index contributed by atoms with van der Waals surface area (Å²) in [4.78, 5) is 29.8. The van der Waals surface area contributed by atoms with Crippen molar-refractivity contribution in [2.75, 3.05) is 30.3 Å². The molecule has 1 atom stereocenters. The summed E-state index contributed by atoms with van der Waals surface area (Å²) in [6, 6.07) is 3.59. The summed E-state index contributed by atoms with van der Waals surface area (Å²) in [7, 11) is 0. The number of nitrogens with zero attached hydrogens (tertiary/aromatic N) is 2. The maximum Gasteiger partial charge on any atom is 0.240 e. The van der Waals surface area contributed by atoms with E-state index in [0.717, 1.165) is 24.5 Å². The minimum atomic E-state index is -0.166. The molecule has 0 spiro atoms. The van der Waals surface area contributed by atoms with Crippen LogP contribution >= 0.6 is 11.8 Å². The van der Waals surface area contributed by atoms with Gasteiger partial charge in [-0.25, -0.2) is 4.98 Å². The molecule has 0 aliphatic carbocycles. The Bertz CT molecular complexity index is 546. The van der Waals surface area contributed by atoms with Crippen molar-refractivity contribution in [2.24, 2.45) is 0 Å². The lowest BCUT2D eigenvalue weighted by Crippen LogP contribution is -2.44. The molecular weight excluding hydrogens is 290 g/mol. The van der Waals surface area contributed by atoms with Gasteiger partial charge < -0.3 is 10.1 Å². The smallest absolute Gasteiger partial charge is 0.240 e. The van der Waals surface area contributed by atoms with Crippen LogP contribution in [0.15, 0.2) is 23.4 Å². The Morgan fingerprint density at radius 1 is 1.57 bits per heavy atom. The highest BCUT2D eigenvalue weighted by atomic mass is 32.2. The molecule has 0 radical (unpaired) electrons. The van der Waals surface area contributed by atoms with Gasteiger partial charge in [-0.3, -0.25) is 14.5 Å². The van der Waals surface area contributed by atoms with Crippen LogP contribution < -0.4 is 10.2 Å². The second-order valence-electron chi connectivity index (χ2n) is 5.04. The number of carbonyl (C=O) groups is 2. The predicted octanol–water partition coefficient (Wildman–Crippen LogP) is 0.815. The van der Waals surface area contributed by atoms with Crippen molar-refractivity contribution in [3.8, 4) is 0 Å². The third-order valence-electron chi connectivity index (χ3n) is 3.53. The van der Waals surface area contributed by atoms with Crippen molar-refractivity contribution in [3.63, 3.8) is 0 Å². The first-order valence-electron chi connectivity index (χ1n) is 7.00. The Morgan fingerprint density at radius 3 is 3.29 bits per heavy atom. The summed E-state index contributed by atoms with van der Waals surface area (Å²) < 4.78 is 5.46. The molecule has 6 nitrogen and oxygen atoms in total. The zero-order valence-corrected chi connectivity index (χ0v) is 12.4. The Balaban J connectivity index is 1.60. The van der Waals surface area contributed by atoms with E-state index in [1.807, 2.05) is 6.07 Å². The van der Waals surface area contributed by atoms with Crippen molar-refractivity contribution < 1.29 is 14.3 Å². The van der Waals surface area contributed by atoms with Crippen LogP contribution in [0.4, 0.5) is 5.69 Å². The van der Waals surface area contributed by atoms with E-state index >= 15 is 0 Å². The quantitative estimate of drug-likeness (QED) is 0.891. The molecule has 0 saturated carbocycles. The first-order valence-corrected chi connectivity index (χ1v) is 7.99. The molecule has 0 bridgehead atoms. The highest BCUT2D eigenvalue weighted by molar-refractivity contribution is 8.00. The lowest BCUT2D eigenvalue weighted by atomic mass is 10.2. The molecule has 1 aromatic rings. The van der Waals surface area contributed by atoms with Gasteiger partial charge in [0.2, 0.25) is 11.8 Å². The maximum atomic E-state index is 12.0. The second-order valence-corrected chi connectivity index (χ2v) is 6.00. The number of carbonyl (C=O) groups excluding carboxylic acids is 2. The number of nitrogens with one attached hydrogen (secondary N) is 1. The highest BCUT2D eigenvalue weighted by Crippen LogP contribution is 2.32. The highest BCUT2D eigenvalue weighted by Gasteiger charge is 2.27. The molecule has 2 aliphatic heterocycles. The summed E-state index contributed by atoms with van der Waals surface area (Å²) in [6.45, 7) is 1.31. The summed E-state index contributed by atoms with van der Waals surface area (Å²) >= 11 is 1.41. The first-order chi connectivity index (χ1) is 10.2. The monoisotopic (exact) mass is 307 g/mol. The van der Waals surface area contributed by atoms with Gasteiger partial charge in [0.25, 0.3) is 0 Å². The normalized spacial score (nSPS) is 21.2. The van der Waals surface area contributed by atoms with Crippen molar-refractivity contribution in [1.82, 2.24) is 10.3 Å². The largest absolute Gasteiger partial charge is 0.376 e. The van der Waals surface area contributed by atoms with Crippen LogP contribution in [0.5, 0.6) is 0 Å². The van der Waals surface area contributed by atoms with Crippen molar-refractivity contribution in [2.45, 2.75) is 24.0 Å². The van der Waals surface area contributed by atoms with Gasteiger partial charge in [-0.05, 0) is 25.0 Å². The van der Waals surface area contributed by atoms with Gasteiger partial charge in [0.1, 0.15) is 11.6 Å². The zero-order valence-electron chi connectivity index (χ0n) is 11.6. The fraction of sp³-hybridized carbons (Fsp3) is 0.500. The van der Waals surface area contributed by atoms with Crippen LogP contribution in [-0.4, -0.2) is 48.4 Å². The number of aromatic nitrogens is 1. The lowest BCUT2D eigenvalue weighted by molar-refractivity contribution is -0.123. The summed E-state index contributed by atoms with van der Waals surface area (Å²) in [5.41, 5.74) is 0.714. The van der Waals surface area contributed by atoms with E-state index in [0.29, 0.717) is 18.0 Å². The molecule has 3 heterocycles. The molecule has 3 rings (SSSR count). The number of amides is 2. The number of ether oxygens (including phenoxy) is 1. The Kier molecular flexibility index (Phi) is 4.40. The van der Waals surface area contributed by atoms with Crippen LogP contribution in [-0.2, 0) is 14.3 Å². The molecule has 1 N–H and O–H groups in total. The minimum Gasteiger partial charge on any atom is -0.376 e. The Labute approximate surface area is 127 Å². The number of thioether (sulfide) groups is 1. The van der Waals surface area contributed by atoms with Crippen LogP contribution in [0.3, 0.4) is 0 Å². The fourth-order valence-corrected chi connectivity index (χ4v) is 3.32. The van der Waals surface area contributed by atoms with Gasteiger partial charge in [0, 0.05) is 19.3 Å². The van der Waals surface area contributed by atoms with E-state index in [-0.39, 0.29) is 24.5 Å². The molecule has 0 unspecified atom stereocenters. The van der Waals surface area contributed by atoms with E-state index in [4.69, 9.17) is 4.74 Å². The second kappa shape index (κ2) is 6.44. The average molecular weight is 307 g/mol. The molecule has 21 heavy (non-hydrogen) atoms. The van der Waals surface area contributed by atoms with E-state index in [1.165, 1.54) is 16.7 Å². The zero-order chi connectivity index (χ0) is 14.7. The first kappa shape index (κ1) is 14.3. The molecule has 1 saturated heterocycles. The fourth-order valence-electron chi connectivity index (χ4n) is 2.45. The Morgan fingerprint density at radius 2 is 2.48 bits per heavy atom. The third-order valence-corrected chi connectivity index (χ3v) is 4.51. The number of hydrogen-bond donors (Lipinski definition) is 1. The van der Waals surface area contributed by atoms with Crippen molar-refractivity contribution in [1.29, 1.82) is 0 Å². The predicted molar refractivity (Wildman–Crippen MR) is 79.3 cm³/mol. The molecule has 1 fully saturated rings. The van der Waals surface area contributed by atoms with Crippen molar-refractivity contribution in [3.05, 3.63) is 18.3 Å². The summed E-state index contributed by atoms with van der Waals surface area (Å²) in [5.74, 6) is 0.0940. The van der Waals surface area contributed by atoms with Crippen molar-refractivity contribution >= 4 is 29.3 Å². The van der Waals surface area contributed by atoms with Crippen LogP contribution in [0.2, 0.25) is 0 Å². The number of anilines is 1. The maximum absolute atomic E-state index is 12.0. The van der Waals surface area contributed by atoms with Crippen LogP contribution in [0, 0.1) is 0 Å². The number of rotatable bonds is 4. The lowest BCUT2D eigenvalue weighted by Gasteiger charge is -2.27. The van der Waals surface area contributed by atoms with Gasteiger partial charge in [0.05, 0.1) is 17.5 Å². The average Bonchev–Trinajstić information content (AvgIpc) is 3.01. The van der Waals surface area contributed by atoms with Crippen LogP contribution in [0.25, 0.3) is 0 Å². The minimum absolute atomic E-state index is 0.0325. The molecule has 112 valence electrons. The van der Waals surface area contributed by atoms with E-state index in [9.17, 15) is 9.59 Å². The standard InChI is InChI=1S/C14H17N3O3S/c18-12(16-7-10-3-2-6-20-10)8-17-11-4-1-5-15-14(11)21-9-13(17)19/h1,4-5,10H,2-3,6-9H2,(H,16,18)/t10-/m0/s1. The molecule has 2 amide bonds. The van der Waals surface area contributed by atoms with Gasteiger partial charge in [-0.1, -0.05) is 11.8 Å². The summed E-state index contributed by atoms with van der Waals surface area (Å²) in [5, 5.41) is 3.63. The SMILES string of the molecule is O=C(CN1C(=O)CSc2ncccc21)NC[C@@H]1CCCO1. The molecule has 1 aromatic heterocycles.